The van der Waals surface area contributed by atoms with Gasteiger partial charge in [-0.1, -0.05) is 36.4 Å². The highest BCUT2D eigenvalue weighted by molar-refractivity contribution is 6.01. The number of ether oxygens (including phenoxy) is 2. The zero-order valence-electron chi connectivity index (χ0n) is 17.4. The monoisotopic (exact) mass is 428 g/mol. The van der Waals surface area contributed by atoms with Gasteiger partial charge in [0.15, 0.2) is 0 Å². The number of benzene rings is 4. The Kier molecular flexibility index (Phi) is 6.41. The first kappa shape index (κ1) is 21.1. The molecule has 0 radical (unpaired) electrons. The molecule has 0 unspecified atom stereocenters. The average Bonchev–Trinajstić information content (AvgIpc) is 2.83. The number of methoxy groups -OCH3 is 1. The summed E-state index contributed by atoms with van der Waals surface area (Å²) < 4.78 is 24.0. The number of rotatable bonds is 7. The van der Waals surface area contributed by atoms with E-state index in [1.54, 1.807) is 36.5 Å². The van der Waals surface area contributed by atoms with Gasteiger partial charge in [-0.15, -0.1) is 0 Å². The van der Waals surface area contributed by atoms with Crippen molar-refractivity contribution in [1.29, 1.82) is 0 Å². The maximum absolute atomic E-state index is 13.0. The van der Waals surface area contributed by atoms with Crippen LogP contribution in [-0.4, -0.2) is 19.2 Å². The number of fused-ring (bicyclic) bond motifs is 1. The van der Waals surface area contributed by atoms with Crippen LogP contribution in [0.1, 0.15) is 21.5 Å². The number of amides is 1. The van der Waals surface area contributed by atoms with Crippen LogP contribution in [0.5, 0.6) is 11.5 Å². The normalized spacial score (nSPS) is 10.9. The Balaban J connectivity index is 1.37. The molecule has 6 heteroatoms. The summed E-state index contributed by atoms with van der Waals surface area (Å²) in [7, 11) is 1.53. The molecule has 0 saturated carbocycles. The van der Waals surface area contributed by atoms with Gasteiger partial charge >= 0.3 is 0 Å². The molecule has 4 aromatic carbocycles. The summed E-state index contributed by atoms with van der Waals surface area (Å²) in [5.74, 6) is 0.530. The zero-order chi connectivity index (χ0) is 22.3. The van der Waals surface area contributed by atoms with Gasteiger partial charge in [0.05, 0.1) is 18.9 Å². The van der Waals surface area contributed by atoms with Crippen molar-refractivity contribution in [2.75, 3.05) is 7.11 Å². The molecule has 5 nitrogen and oxygen atoms in total. The van der Waals surface area contributed by atoms with Gasteiger partial charge < -0.3 is 9.47 Å². The topological polar surface area (TPSA) is 59.9 Å². The molecule has 0 fully saturated rings. The molecule has 0 aliphatic rings. The fraction of sp³-hybridized carbons (Fsp3) is 0.0769. The second-order valence-electron chi connectivity index (χ2n) is 7.08. The van der Waals surface area contributed by atoms with Crippen LogP contribution < -0.4 is 14.9 Å². The number of hydrogen-bond acceptors (Lipinski definition) is 4. The summed E-state index contributed by atoms with van der Waals surface area (Å²) in [5.41, 5.74) is 4.63. The third kappa shape index (κ3) is 5.10. The van der Waals surface area contributed by atoms with Crippen LogP contribution in [0.4, 0.5) is 4.39 Å². The zero-order valence-corrected chi connectivity index (χ0v) is 17.4. The highest BCUT2D eigenvalue weighted by Crippen LogP contribution is 2.25. The lowest BCUT2D eigenvalue weighted by Gasteiger charge is -2.09. The molecule has 0 saturated heterocycles. The Hall–Kier alpha value is -4.19. The van der Waals surface area contributed by atoms with Crippen LogP contribution in [0.3, 0.4) is 0 Å². The molecule has 1 N–H and O–H groups in total. The van der Waals surface area contributed by atoms with Crippen molar-refractivity contribution >= 4 is 22.9 Å². The Bertz CT molecular complexity index is 1250. The fourth-order valence-corrected chi connectivity index (χ4v) is 3.19. The Morgan fingerprint density at radius 3 is 2.34 bits per heavy atom. The van der Waals surface area contributed by atoms with Crippen LogP contribution in [-0.2, 0) is 6.61 Å². The van der Waals surface area contributed by atoms with Crippen LogP contribution in [0.15, 0.2) is 90.0 Å². The predicted molar refractivity (Wildman–Crippen MR) is 123 cm³/mol. The molecule has 0 atom stereocenters. The maximum Gasteiger partial charge on any atom is 0.275 e. The SMILES string of the molecule is COc1cc2ccccc2cc1C(=O)N/N=C\c1ccc(OCc2ccc(F)cc2)cc1. The van der Waals surface area contributed by atoms with E-state index in [2.05, 4.69) is 10.5 Å². The predicted octanol–water partition coefficient (Wildman–Crippen LogP) is 5.33. The standard InChI is InChI=1S/C26H21FN2O3/c1-31-25-15-21-5-3-2-4-20(21)14-24(25)26(30)29-28-16-18-8-12-23(13-9-18)32-17-19-6-10-22(27)11-7-19/h2-16H,17H2,1H3,(H,29,30)/b28-16-. The van der Waals surface area contributed by atoms with E-state index in [0.29, 0.717) is 23.7 Å². The minimum Gasteiger partial charge on any atom is -0.496 e. The summed E-state index contributed by atoms with van der Waals surface area (Å²) in [4.78, 5) is 12.6. The van der Waals surface area contributed by atoms with Gasteiger partial charge in [0.1, 0.15) is 23.9 Å². The van der Waals surface area contributed by atoms with E-state index >= 15 is 0 Å². The van der Waals surface area contributed by atoms with E-state index in [4.69, 9.17) is 9.47 Å². The molecule has 32 heavy (non-hydrogen) atoms. The van der Waals surface area contributed by atoms with Crippen LogP contribution in [0.2, 0.25) is 0 Å². The lowest BCUT2D eigenvalue weighted by molar-refractivity contribution is 0.0952. The van der Waals surface area contributed by atoms with E-state index in [0.717, 1.165) is 21.9 Å². The highest BCUT2D eigenvalue weighted by Gasteiger charge is 2.13. The molecule has 0 aromatic heterocycles. The first-order chi connectivity index (χ1) is 15.6. The van der Waals surface area contributed by atoms with Crippen LogP contribution in [0.25, 0.3) is 10.8 Å². The third-order valence-corrected chi connectivity index (χ3v) is 4.89. The number of nitrogens with zero attached hydrogens (tertiary/aromatic N) is 1. The summed E-state index contributed by atoms with van der Waals surface area (Å²) in [5, 5.41) is 5.98. The van der Waals surface area contributed by atoms with Crippen molar-refractivity contribution in [3.63, 3.8) is 0 Å². The first-order valence-corrected chi connectivity index (χ1v) is 10.00. The Morgan fingerprint density at radius 2 is 1.66 bits per heavy atom. The molecule has 0 aliphatic heterocycles. The van der Waals surface area contributed by atoms with Crippen molar-refractivity contribution in [1.82, 2.24) is 5.43 Å². The summed E-state index contributed by atoms with van der Waals surface area (Å²) in [6.07, 6.45) is 1.55. The van der Waals surface area contributed by atoms with Crippen molar-refractivity contribution in [2.45, 2.75) is 6.61 Å². The molecule has 0 spiro atoms. The molecule has 0 heterocycles. The van der Waals surface area contributed by atoms with E-state index in [1.807, 2.05) is 42.5 Å². The van der Waals surface area contributed by atoms with E-state index < -0.39 is 0 Å². The number of nitrogens with one attached hydrogen (secondary N) is 1. The number of carbonyl (C=O) groups is 1. The number of carbonyl (C=O) groups excluding carboxylic acids is 1. The Morgan fingerprint density at radius 1 is 0.969 bits per heavy atom. The average molecular weight is 428 g/mol. The van der Waals surface area contributed by atoms with E-state index in [-0.39, 0.29) is 11.7 Å². The molecular weight excluding hydrogens is 407 g/mol. The largest absolute Gasteiger partial charge is 0.496 e. The molecule has 160 valence electrons. The van der Waals surface area contributed by atoms with Gasteiger partial charge in [0.2, 0.25) is 0 Å². The minimum atomic E-state index is -0.358. The molecule has 4 aromatic rings. The molecule has 4 rings (SSSR count). The quantitative estimate of drug-likeness (QED) is 0.320. The smallest absolute Gasteiger partial charge is 0.275 e. The first-order valence-electron chi connectivity index (χ1n) is 10.00. The van der Waals surface area contributed by atoms with Crippen molar-refractivity contribution in [2.24, 2.45) is 5.10 Å². The lowest BCUT2D eigenvalue weighted by atomic mass is 10.1. The Labute approximate surface area is 185 Å². The van der Waals surface area contributed by atoms with Crippen LogP contribution in [0, 0.1) is 5.82 Å². The molecule has 0 bridgehead atoms. The third-order valence-electron chi connectivity index (χ3n) is 4.89. The second kappa shape index (κ2) is 9.75. The van der Waals surface area contributed by atoms with Gasteiger partial charge in [-0.25, -0.2) is 9.82 Å². The molecular formula is C26H21FN2O3. The van der Waals surface area contributed by atoms with Crippen LogP contribution >= 0.6 is 0 Å². The summed E-state index contributed by atoms with van der Waals surface area (Å²) >= 11 is 0. The molecule has 1 amide bonds. The van der Waals surface area contributed by atoms with Crippen molar-refractivity contribution < 1.29 is 18.7 Å². The minimum absolute atomic E-state index is 0.274. The maximum atomic E-state index is 13.0. The van der Waals surface area contributed by atoms with E-state index in [1.165, 1.54) is 19.2 Å². The van der Waals surface area contributed by atoms with Crippen molar-refractivity contribution in [3.05, 3.63) is 107 Å². The highest BCUT2D eigenvalue weighted by atomic mass is 19.1. The second-order valence-corrected chi connectivity index (χ2v) is 7.08. The number of halogens is 1. The van der Waals surface area contributed by atoms with Crippen molar-refractivity contribution in [3.8, 4) is 11.5 Å². The van der Waals surface area contributed by atoms with Gasteiger partial charge in [-0.05, 0) is 70.4 Å². The summed E-state index contributed by atoms with van der Waals surface area (Å²) in [6.45, 7) is 0.345. The molecule has 0 aliphatic carbocycles. The van der Waals surface area contributed by atoms with Gasteiger partial charge in [0, 0.05) is 0 Å². The summed E-state index contributed by atoms with van der Waals surface area (Å²) in [6, 6.07) is 24.8. The lowest BCUT2D eigenvalue weighted by Crippen LogP contribution is -2.18. The number of hydrogen-bond donors (Lipinski definition) is 1. The van der Waals surface area contributed by atoms with Gasteiger partial charge in [-0.2, -0.15) is 5.10 Å². The van der Waals surface area contributed by atoms with Gasteiger partial charge in [0.25, 0.3) is 5.91 Å². The number of hydrazone groups is 1. The van der Waals surface area contributed by atoms with Gasteiger partial charge in [-0.3, -0.25) is 4.79 Å². The van der Waals surface area contributed by atoms with E-state index in [9.17, 15) is 9.18 Å². The fourth-order valence-electron chi connectivity index (χ4n) is 3.19.